The highest BCUT2D eigenvalue weighted by atomic mass is 32.2. The lowest BCUT2D eigenvalue weighted by Gasteiger charge is -2.47. The van der Waals surface area contributed by atoms with E-state index in [-0.39, 0.29) is 24.4 Å². The maximum Gasteiger partial charge on any atom is 0.356 e. The fraction of sp³-hybridized carbons (Fsp3) is 0.444. The van der Waals surface area contributed by atoms with Crippen LogP contribution in [-0.2, 0) is 31.1 Å². The number of hydrogen-bond donors (Lipinski definition) is 2. The van der Waals surface area contributed by atoms with Crippen LogP contribution >= 0.6 is 11.8 Å². The van der Waals surface area contributed by atoms with Crippen molar-refractivity contribution in [2.45, 2.75) is 37.9 Å². The van der Waals surface area contributed by atoms with Crippen LogP contribution < -0.4 is 0 Å². The highest BCUT2D eigenvalue weighted by molar-refractivity contribution is 8.03. The molecule has 0 aromatic heterocycles. The Labute approximate surface area is 182 Å². The summed E-state index contributed by atoms with van der Waals surface area (Å²) in [5.41, 5.74) is 0.369. The van der Waals surface area contributed by atoms with E-state index in [1.165, 1.54) is 36.0 Å². The Hall–Kier alpha value is -2.48. The Morgan fingerprint density at radius 3 is 2.52 bits per heavy atom. The fourth-order valence-electron chi connectivity index (χ4n) is 3.64. The number of non-ortho nitro benzene ring substituents is 1. The minimum Gasteiger partial charge on any atom is -0.456 e. The number of aliphatic hydroxyl groups is 1. The van der Waals surface area contributed by atoms with Gasteiger partial charge in [-0.3, -0.25) is 19.5 Å². The topological polar surface area (TPSA) is 164 Å². The summed E-state index contributed by atoms with van der Waals surface area (Å²) in [6.45, 7) is 2.49. The minimum absolute atomic E-state index is 0.0221. The van der Waals surface area contributed by atoms with Crippen molar-refractivity contribution in [1.82, 2.24) is 4.90 Å². The Kier molecular flexibility index (Phi) is 6.15. The first kappa shape index (κ1) is 23.2. The molecule has 0 aliphatic carbocycles. The monoisotopic (exact) mass is 472 g/mol. The summed E-state index contributed by atoms with van der Waals surface area (Å²) < 4.78 is 37.7. The number of ether oxygens (including phenoxy) is 1. The molecule has 0 unspecified atom stereocenters. The number of fused-ring (bicyclic) bond motifs is 1. The summed E-state index contributed by atoms with van der Waals surface area (Å²) >= 11 is 1.29. The number of hydrogen-bond acceptors (Lipinski definition) is 9. The van der Waals surface area contributed by atoms with Crippen molar-refractivity contribution >= 4 is 39.4 Å². The van der Waals surface area contributed by atoms with Gasteiger partial charge in [0.05, 0.1) is 11.0 Å². The molecule has 1 aromatic rings. The molecular weight excluding hydrogens is 452 g/mol. The maximum absolute atomic E-state index is 12.7. The van der Waals surface area contributed by atoms with Crippen LogP contribution in [0.25, 0.3) is 0 Å². The molecule has 168 valence electrons. The van der Waals surface area contributed by atoms with Crippen LogP contribution in [0.4, 0.5) is 5.69 Å². The van der Waals surface area contributed by atoms with E-state index in [0.29, 0.717) is 16.2 Å². The molecule has 1 amide bonds. The quantitative estimate of drug-likeness (QED) is 0.186. The number of nitrogens with zero attached hydrogens (tertiary/aromatic N) is 2. The third-order valence-electron chi connectivity index (χ3n) is 5.25. The van der Waals surface area contributed by atoms with Gasteiger partial charge in [-0.15, -0.1) is 11.8 Å². The maximum atomic E-state index is 12.7. The molecular formula is C18H20N2O9S2. The summed E-state index contributed by atoms with van der Waals surface area (Å²) in [5.74, 6) is -2.46. The zero-order valence-electron chi connectivity index (χ0n) is 16.5. The summed E-state index contributed by atoms with van der Waals surface area (Å²) in [5, 5.41) is 21.0. The van der Waals surface area contributed by atoms with Gasteiger partial charge in [0.25, 0.3) is 15.8 Å². The van der Waals surface area contributed by atoms with Crippen LogP contribution in [0.15, 0.2) is 34.9 Å². The number of rotatable bonds is 8. The molecule has 11 nitrogen and oxygen atoms in total. The molecule has 0 spiro atoms. The van der Waals surface area contributed by atoms with Crippen molar-refractivity contribution < 1.29 is 37.3 Å². The van der Waals surface area contributed by atoms with Crippen molar-refractivity contribution in [3.05, 3.63) is 50.5 Å². The van der Waals surface area contributed by atoms with E-state index in [4.69, 9.17) is 4.74 Å². The number of carbonyl (C=O) groups is 2. The summed E-state index contributed by atoms with van der Waals surface area (Å²) in [7, 11) is -4.94. The van der Waals surface area contributed by atoms with Gasteiger partial charge in [0.15, 0.2) is 0 Å². The normalized spacial score (nSPS) is 22.6. The molecule has 0 radical (unpaired) electrons. The minimum atomic E-state index is -4.94. The summed E-state index contributed by atoms with van der Waals surface area (Å²) in [4.78, 5) is 34.5. The number of benzene rings is 1. The van der Waals surface area contributed by atoms with E-state index < -0.39 is 43.8 Å². The predicted molar refractivity (Wildman–Crippen MR) is 109 cm³/mol. The molecule has 31 heavy (non-hydrogen) atoms. The van der Waals surface area contributed by atoms with Crippen molar-refractivity contribution in [3.63, 3.8) is 0 Å². The largest absolute Gasteiger partial charge is 0.456 e. The first-order valence-electron chi connectivity index (χ1n) is 9.19. The summed E-state index contributed by atoms with van der Waals surface area (Å²) in [6, 6.07) is 4.61. The predicted octanol–water partition coefficient (Wildman–Crippen LogP) is 1.43. The molecule has 13 heteroatoms. The van der Waals surface area contributed by atoms with Gasteiger partial charge in [-0.1, -0.05) is 6.92 Å². The van der Waals surface area contributed by atoms with Gasteiger partial charge in [0.2, 0.25) is 10.8 Å². The van der Waals surface area contributed by atoms with E-state index in [9.17, 15) is 37.8 Å². The molecule has 2 heterocycles. The second-order valence-corrected chi connectivity index (χ2v) is 10.3. The van der Waals surface area contributed by atoms with Crippen LogP contribution in [0.5, 0.6) is 0 Å². The second kappa shape index (κ2) is 8.22. The Morgan fingerprint density at radius 1 is 1.39 bits per heavy atom. The lowest BCUT2D eigenvalue weighted by atomic mass is 9.83. The number of β-lactam (4-membered cyclic amide) rings is 1. The molecule has 2 N–H and O–H groups in total. The van der Waals surface area contributed by atoms with Gasteiger partial charge in [-0.2, -0.15) is 8.42 Å². The van der Waals surface area contributed by atoms with Crippen molar-refractivity contribution in [3.8, 4) is 0 Å². The van der Waals surface area contributed by atoms with Gasteiger partial charge in [0, 0.05) is 23.5 Å². The smallest absolute Gasteiger partial charge is 0.356 e. The van der Waals surface area contributed by atoms with Gasteiger partial charge >= 0.3 is 5.97 Å². The molecule has 1 fully saturated rings. The molecule has 2 aliphatic heterocycles. The molecule has 0 bridgehead atoms. The number of thioether (sulfide) groups is 1. The molecule has 1 aromatic carbocycles. The zero-order chi connectivity index (χ0) is 23.1. The number of nitro groups is 1. The van der Waals surface area contributed by atoms with Crippen LogP contribution in [-0.4, -0.2) is 56.5 Å². The van der Waals surface area contributed by atoms with E-state index in [1.54, 1.807) is 0 Å². The number of nitro benzene ring substituents is 1. The summed E-state index contributed by atoms with van der Waals surface area (Å²) in [6.07, 6.45) is 0.141. The number of carbonyl (C=O) groups excluding carboxylic acids is 2. The Bertz CT molecular complexity index is 1060. The van der Waals surface area contributed by atoms with Crippen molar-refractivity contribution in [1.29, 1.82) is 0 Å². The number of amides is 1. The van der Waals surface area contributed by atoms with E-state index >= 15 is 0 Å². The fourth-order valence-corrected chi connectivity index (χ4v) is 5.18. The number of esters is 1. The Balaban J connectivity index is 1.78. The lowest BCUT2D eigenvalue weighted by molar-refractivity contribution is -0.384. The van der Waals surface area contributed by atoms with E-state index in [1.807, 2.05) is 6.92 Å². The standard InChI is InChI=1S/C18H20N2O9S2/c1-3-30-13-8-12-14(18(2,23)31(26,27)28)16(21)19(12)15(13)17(22)29-9-10-4-6-11(7-5-10)20(24)25/h4-7,12,14,23H,3,8-9H2,1-2H3,(H,26,27,28)/t12-,14-,18+/m1/s1. The van der Waals surface area contributed by atoms with Gasteiger partial charge in [-0.05, 0) is 30.4 Å². The molecule has 2 aliphatic rings. The highest BCUT2D eigenvalue weighted by Crippen LogP contribution is 2.50. The van der Waals surface area contributed by atoms with Crippen molar-refractivity contribution in [2.24, 2.45) is 5.92 Å². The molecule has 3 rings (SSSR count). The van der Waals surface area contributed by atoms with Gasteiger partial charge in [-0.25, -0.2) is 4.79 Å². The Morgan fingerprint density at radius 2 is 2.00 bits per heavy atom. The average Bonchev–Trinajstić information content (AvgIpc) is 2.99. The van der Waals surface area contributed by atoms with Crippen LogP contribution in [0.3, 0.4) is 0 Å². The van der Waals surface area contributed by atoms with Crippen molar-refractivity contribution in [2.75, 3.05) is 5.75 Å². The third kappa shape index (κ3) is 4.05. The second-order valence-electron chi connectivity index (χ2n) is 7.19. The van der Waals surface area contributed by atoms with Gasteiger partial charge < -0.3 is 14.7 Å². The highest BCUT2D eigenvalue weighted by Gasteiger charge is 2.65. The molecule has 0 saturated carbocycles. The SMILES string of the molecule is CCSC1=C(C(=O)OCc2ccc([N+](=O)[O-])cc2)N2C(=O)[C@H]([C@@](C)(O)S(=O)(=O)O)[C@H]2C1. The first-order valence-corrected chi connectivity index (χ1v) is 11.6. The van der Waals surface area contributed by atoms with Crippen LogP contribution in [0.1, 0.15) is 25.8 Å². The average molecular weight is 472 g/mol. The van der Waals surface area contributed by atoms with Gasteiger partial charge in [0.1, 0.15) is 18.2 Å². The third-order valence-corrected chi connectivity index (χ3v) is 7.54. The van der Waals surface area contributed by atoms with E-state index in [2.05, 4.69) is 0 Å². The zero-order valence-corrected chi connectivity index (χ0v) is 18.2. The van der Waals surface area contributed by atoms with Crippen LogP contribution in [0.2, 0.25) is 0 Å². The molecule has 3 atom stereocenters. The molecule has 1 saturated heterocycles. The van der Waals surface area contributed by atoms with Crippen LogP contribution in [0, 0.1) is 16.0 Å². The first-order chi connectivity index (χ1) is 14.4. The lowest BCUT2D eigenvalue weighted by Crippen LogP contribution is -2.67. The van der Waals surface area contributed by atoms with E-state index in [0.717, 1.165) is 11.8 Å².